The van der Waals surface area contributed by atoms with Crippen LogP contribution in [0.3, 0.4) is 0 Å². The van der Waals surface area contributed by atoms with Crippen molar-refractivity contribution in [1.29, 1.82) is 0 Å². The van der Waals surface area contributed by atoms with Crippen LogP contribution in [0.5, 0.6) is 5.75 Å². The summed E-state index contributed by atoms with van der Waals surface area (Å²) in [6, 6.07) is 7.94. The number of hydrogen-bond donors (Lipinski definition) is 1. The van der Waals surface area contributed by atoms with Gasteiger partial charge in [-0.25, -0.2) is 0 Å². The Labute approximate surface area is 98.5 Å². The van der Waals surface area contributed by atoms with E-state index in [0.29, 0.717) is 6.61 Å². The van der Waals surface area contributed by atoms with Crippen molar-refractivity contribution < 1.29 is 4.74 Å². The zero-order valence-electron chi connectivity index (χ0n) is 8.50. The Hall–Kier alpha value is -0.800. The van der Waals surface area contributed by atoms with Crippen molar-refractivity contribution in [1.82, 2.24) is 5.32 Å². The molecule has 1 heterocycles. The molecule has 1 N–H and O–H groups in total. The van der Waals surface area contributed by atoms with Crippen molar-refractivity contribution in [2.45, 2.75) is 6.42 Å². The fourth-order valence-electron chi connectivity index (χ4n) is 1.53. The Kier molecular flexibility index (Phi) is 3.80. The predicted molar refractivity (Wildman–Crippen MR) is 65.2 cm³/mol. The normalized spacial score (nSPS) is 15.9. The lowest BCUT2D eigenvalue weighted by Gasteiger charge is -2.15. The minimum Gasteiger partial charge on any atom is -0.488 e. The largest absolute Gasteiger partial charge is 0.488 e. The Morgan fingerprint density at radius 2 is 2.20 bits per heavy atom. The molecule has 2 rings (SSSR count). The monoisotopic (exact) mass is 267 g/mol. The molecule has 0 aromatic heterocycles. The van der Waals surface area contributed by atoms with Gasteiger partial charge in [0.15, 0.2) is 0 Å². The van der Waals surface area contributed by atoms with Gasteiger partial charge in [0.2, 0.25) is 0 Å². The molecule has 2 nitrogen and oxygen atoms in total. The summed E-state index contributed by atoms with van der Waals surface area (Å²) in [6.07, 6.45) is 3.30. The third-order valence-corrected chi connectivity index (χ3v) is 3.06. The second-order valence-corrected chi connectivity index (χ2v) is 4.39. The van der Waals surface area contributed by atoms with Crippen LogP contribution in [-0.4, -0.2) is 19.7 Å². The zero-order valence-corrected chi connectivity index (χ0v) is 10.1. The van der Waals surface area contributed by atoms with Crippen LogP contribution in [0.4, 0.5) is 0 Å². The van der Waals surface area contributed by atoms with E-state index in [4.69, 9.17) is 4.74 Å². The van der Waals surface area contributed by atoms with Crippen LogP contribution >= 0.6 is 15.9 Å². The topological polar surface area (TPSA) is 21.3 Å². The summed E-state index contributed by atoms with van der Waals surface area (Å²) >= 11 is 3.46. The molecule has 1 aliphatic heterocycles. The summed E-state index contributed by atoms with van der Waals surface area (Å²) in [6.45, 7) is 2.73. The van der Waals surface area contributed by atoms with Crippen LogP contribution in [0.1, 0.15) is 6.42 Å². The Morgan fingerprint density at radius 1 is 1.33 bits per heavy atom. The molecule has 0 aliphatic carbocycles. The number of ether oxygens (including phenoxy) is 1. The van der Waals surface area contributed by atoms with Gasteiger partial charge in [0.1, 0.15) is 12.4 Å². The van der Waals surface area contributed by atoms with Crippen LogP contribution in [-0.2, 0) is 0 Å². The fourth-order valence-corrected chi connectivity index (χ4v) is 1.93. The minimum absolute atomic E-state index is 0.699. The molecular weight excluding hydrogens is 254 g/mol. The Bertz CT molecular complexity index is 362. The molecule has 0 saturated heterocycles. The summed E-state index contributed by atoms with van der Waals surface area (Å²) in [4.78, 5) is 0. The van der Waals surface area contributed by atoms with Crippen molar-refractivity contribution >= 4 is 15.9 Å². The molecule has 15 heavy (non-hydrogen) atoms. The van der Waals surface area contributed by atoms with E-state index in [1.165, 1.54) is 5.57 Å². The summed E-state index contributed by atoms with van der Waals surface area (Å²) in [5.41, 5.74) is 1.38. The molecule has 0 radical (unpaired) electrons. The van der Waals surface area contributed by atoms with Crippen molar-refractivity contribution in [2.24, 2.45) is 0 Å². The SMILES string of the molecule is Brc1ccccc1OCC1=CCNCC1. The maximum absolute atomic E-state index is 5.73. The van der Waals surface area contributed by atoms with E-state index >= 15 is 0 Å². The molecule has 1 aromatic rings. The number of halogens is 1. The van der Waals surface area contributed by atoms with Crippen molar-refractivity contribution in [3.63, 3.8) is 0 Å². The average Bonchev–Trinajstić information content (AvgIpc) is 2.29. The van der Waals surface area contributed by atoms with E-state index < -0.39 is 0 Å². The molecule has 0 atom stereocenters. The second-order valence-electron chi connectivity index (χ2n) is 3.54. The van der Waals surface area contributed by atoms with Gasteiger partial charge in [-0.1, -0.05) is 18.2 Å². The fraction of sp³-hybridized carbons (Fsp3) is 0.333. The average molecular weight is 268 g/mol. The summed E-state index contributed by atoms with van der Waals surface area (Å²) < 4.78 is 6.75. The molecule has 0 amide bonds. The lowest BCUT2D eigenvalue weighted by molar-refractivity contribution is 0.342. The molecule has 0 saturated carbocycles. The standard InChI is InChI=1S/C12H14BrNO/c13-11-3-1-2-4-12(11)15-9-10-5-7-14-8-6-10/h1-5,14H,6-9H2. The van der Waals surface area contributed by atoms with Crippen molar-refractivity contribution in [2.75, 3.05) is 19.7 Å². The minimum atomic E-state index is 0.699. The molecule has 80 valence electrons. The molecule has 1 aromatic carbocycles. The highest BCUT2D eigenvalue weighted by Gasteiger charge is 2.04. The lowest BCUT2D eigenvalue weighted by Crippen LogP contribution is -2.22. The van der Waals surface area contributed by atoms with Crippen LogP contribution in [0.15, 0.2) is 40.4 Å². The number of benzene rings is 1. The summed E-state index contributed by atoms with van der Waals surface area (Å²) in [5.74, 6) is 0.914. The van der Waals surface area contributed by atoms with Gasteiger partial charge in [0, 0.05) is 6.54 Å². The van der Waals surface area contributed by atoms with Crippen LogP contribution < -0.4 is 10.1 Å². The van der Waals surface area contributed by atoms with Gasteiger partial charge in [-0.3, -0.25) is 0 Å². The third kappa shape index (κ3) is 3.08. The number of nitrogens with one attached hydrogen (secondary N) is 1. The highest BCUT2D eigenvalue weighted by Crippen LogP contribution is 2.24. The number of rotatable bonds is 3. The number of para-hydroxylation sites is 1. The Balaban J connectivity index is 1.93. The molecule has 1 aliphatic rings. The highest BCUT2D eigenvalue weighted by molar-refractivity contribution is 9.10. The molecule has 0 bridgehead atoms. The smallest absolute Gasteiger partial charge is 0.133 e. The first-order valence-electron chi connectivity index (χ1n) is 5.12. The maximum atomic E-state index is 5.73. The van der Waals surface area contributed by atoms with E-state index in [9.17, 15) is 0 Å². The first kappa shape index (κ1) is 10.7. The van der Waals surface area contributed by atoms with Gasteiger partial charge in [-0.05, 0) is 46.6 Å². The quantitative estimate of drug-likeness (QED) is 0.851. The van der Waals surface area contributed by atoms with Crippen LogP contribution in [0.25, 0.3) is 0 Å². The third-order valence-electron chi connectivity index (χ3n) is 2.41. The molecule has 0 unspecified atom stereocenters. The lowest BCUT2D eigenvalue weighted by atomic mass is 10.1. The highest BCUT2D eigenvalue weighted by atomic mass is 79.9. The van der Waals surface area contributed by atoms with Crippen molar-refractivity contribution in [3.8, 4) is 5.75 Å². The van der Waals surface area contributed by atoms with Gasteiger partial charge in [-0.15, -0.1) is 0 Å². The second kappa shape index (κ2) is 5.33. The van der Waals surface area contributed by atoms with E-state index in [1.807, 2.05) is 24.3 Å². The van der Waals surface area contributed by atoms with Crippen LogP contribution in [0, 0.1) is 0 Å². The molecule has 0 fully saturated rings. The zero-order chi connectivity index (χ0) is 10.5. The van der Waals surface area contributed by atoms with E-state index in [-0.39, 0.29) is 0 Å². The molecular formula is C12H14BrNO. The van der Waals surface area contributed by atoms with Gasteiger partial charge < -0.3 is 10.1 Å². The first-order valence-corrected chi connectivity index (χ1v) is 5.91. The first-order chi connectivity index (χ1) is 7.36. The summed E-state index contributed by atoms with van der Waals surface area (Å²) in [5, 5.41) is 3.28. The van der Waals surface area contributed by atoms with Gasteiger partial charge in [0.05, 0.1) is 4.47 Å². The van der Waals surface area contributed by atoms with Crippen LogP contribution in [0.2, 0.25) is 0 Å². The van der Waals surface area contributed by atoms with E-state index in [0.717, 1.165) is 29.7 Å². The maximum Gasteiger partial charge on any atom is 0.133 e. The van der Waals surface area contributed by atoms with E-state index in [1.54, 1.807) is 0 Å². The van der Waals surface area contributed by atoms with E-state index in [2.05, 4.69) is 27.3 Å². The predicted octanol–water partition coefficient (Wildman–Crippen LogP) is 2.75. The van der Waals surface area contributed by atoms with Gasteiger partial charge in [-0.2, -0.15) is 0 Å². The van der Waals surface area contributed by atoms with Crippen molar-refractivity contribution in [3.05, 3.63) is 40.4 Å². The molecule has 0 spiro atoms. The summed E-state index contributed by atoms with van der Waals surface area (Å²) in [7, 11) is 0. The van der Waals surface area contributed by atoms with Gasteiger partial charge in [0.25, 0.3) is 0 Å². The Morgan fingerprint density at radius 3 is 2.93 bits per heavy atom. The molecule has 3 heteroatoms. The number of hydrogen-bond acceptors (Lipinski definition) is 2. The van der Waals surface area contributed by atoms with Gasteiger partial charge >= 0.3 is 0 Å².